The number of carbonyl (C=O) groups is 1. The Labute approximate surface area is 110 Å². The Kier molecular flexibility index (Phi) is 2.60. The van der Waals surface area contributed by atoms with Crippen LogP contribution in [0, 0.1) is 6.92 Å². The second-order valence-electron chi connectivity index (χ2n) is 4.51. The number of benzene rings is 2. The number of carboxylic acids is 1. The number of aromatic carboxylic acids is 1. The van der Waals surface area contributed by atoms with E-state index in [9.17, 15) is 9.90 Å². The predicted octanol–water partition coefficient (Wildman–Crippen LogP) is 3.64. The van der Waals surface area contributed by atoms with Crippen molar-refractivity contribution in [2.24, 2.45) is 0 Å². The number of hydrogen-bond acceptors (Lipinski definition) is 1. The smallest absolute Gasteiger partial charge is 0.352 e. The number of nitrogens with zero attached hydrogens (tertiary/aromatic N) is 1. The van der Waals surface area contributed by atoms with Crippen LogP contribution in [-0.4, -0.2) is 15.6 Å². The quantitative estimate of drug-likeness (QED) is 0.755. The lowest BCUT2D eigenvalue weighted by molar-refractivity contribution is 0.0688. The minimum Gasteiger partial charge on any atom is -0.477 e. The zero-order valence-corrected chi connectivity index (χ0v) is 10.5. The average Bonchev–Trinajstić information content (AvgIpc) is 2.81. The van der Waals surface area contributed by atoms with E-state index in [2.05, 4.69) is 0 Å². The van der Waals surface area contributed by atoms with Crippen molar-refractivity contribution in [1.82, 2.24) is 4.57 Å². The molecule has 0 aliphatic carbocycles. The van der Waals surface area contributed by atoms with Gasteiger partial charge >= 0.3 is 5.97 Å². The molecule has 0 unspecified atom stereocenters. The molecule has 0 aliphatic rings. The molecule has 3 heteroatoms. The van der Waals surface area contributed by atoms with Crippen LogP contribution < -0.4 is 0 Å². The van der Waals surface area contributed by atoms with Crippen LogP contribution in [0.5, 0.6) is 0 Å². The summed E-state index contributed by atoms with van der Waals surface area (Å²) in [6, 6.07) is 17.2. The number of para-hydroxylation sites is 1. The van der Waals surface area contributed by atoms with Crippen molar-refractivity contribution in [2.75, 3.05) is 0 Å². The second-order valence-corrected chi connectivity index (χ2v) is 4.51. The third-order valence-electron chi connectivity index (χ3n) is 3.30. The number of carboxylic acid groups (broad SMARTS) is 1. The number of hydrogen-bond donors (Lipinski definition) is 1. The Bertz CT molecular complexity index is 757. The fraction of sp³-hybridized carbons (Fsp3) is 0.0625. The van der Waals surface area contributed by atoms with Crippen molar-refractivity contribution < 1.29 is 9.90 Å². The van der Waals surface area contributed by atoms with Gasteiger partial charge in [0, 0.05) is 11.1 Å². The molecule has 0 fully saturated rings. The molecule has 94 valence electrons. The van der Waals surface area contributed by atoms with Crippen LogP contribution in [0.2, 0.25) is 0 Å². The van der Waals surface area contributed by atoms with Gasteiger partial charge in [-0.3, -0.25) is 0 Å². The maximum Gasteiger partial charge on any atom is 0.352 e. The lowest BCUT2D eigenvalue weighted by Crippen LogP contribution is -2.06. The summed E-state index contributed by atoms with van der Waals surface area (Å²) in [5.74, 6) is -0.917. The Balaban J connectivity index is 2.42. The number of fused-ring (bicyclic) bond motifs is 1. The first kappa shape index (κ1) is 11.5. The summed E-state index contributed by atoms with van der Waals surface area (Å²) < 4.78 is 1.78. The molecule has 1 N–H and O–H groups in total. The molecule has 0 amide bonds. The van der Waals surface area contributed by atoms with Crippen molar-refractivity contribution in [3.63, 3.8) is 0 Å². The zero-order valence-electron chi connectivity index (χ0n) is 10.5. The summed E-state index contributed by atoms with van der Waals surface area (Å²) in [7, 11) is 0. The van der Waals surface area contributed by atoms with Gasteiger partial charge in [-0.15, -0.1) is 0 Å². The van der Waals surface area contributed by atoms with Gasteiger partial charge in [0.25, 0.3) is 0 Å². The van der Waals surface area contributed by atoms with Crippen LogP contribution in [0.1, 0.15) is 16.1 Å². The van der Waals surface area contributed by atoms with E-state index >= 15 is 0 Å². The first-order valence-electron chi connectivity index (χ1n) is 6.08. The first-order chi connectivity index (χ1) is 9.18. The van der Waals surface area contributed by atoms with E-state index in [1.54, 1.807) is 10.6 Å². The van der Waals surface area contributed by atoms with Crippen LogP contribution >= 0.6 is 0 Å². The summed E-state index contributed by atoms with van der Waals surface area (Å²) in [6.45, 7) is 1.99. The molecule has 3 nitrogen and oxygen atoms in total. The predicted molar refractivity (Wildman–Crippen MR) is 75.0 cm³/mol. The monoisotopic (exact) mass is 251 g/mol. The maximum absolute atomic E-state index is 11.5. The van der Waals surface area contributed by atoms with E-state index in [0.717, 1.165) is 22.2 Å². The van der Waals surface area contributed by atoms with E-state index in [1.807, 2.05) is 55.5 Å². The Morgan fingerprint density at radius 3 is 2.47 bits per heavy atom. The van der Waals surface area contributed by atoms with E-state index in [4.69, 9.17) is 0 Å². The fourth-order valence-corrected chi connectivity index (χ4v) is 2.39. The van der Waals surface area contributed by atoms with Gasteiger partial charge < -0.3 is 9.67 Å². The highest BCUT2D eigenvalue weighted by Crippen LogP contribution is 2.26. The van der Waals surface area contributed by atoms with Gasteiger partial charge in [-0.25, -0.2) is 4.79 Å². The van der Waals surface area contributed by atoms with Crippen molar-refractivity contribution in [3.05, 3.63) is 65.9 Å². The summed E-state index contributed by atoms with van der Waals surface area (Å²) in [5, 5.41) is 10.4. The van der Waals surface area contributed by atoms with Crippen molar-refractivity contribution in [1.29, 1.82) is 0 Å². The van der Waals surface area contributed by atoms with Crippen molar-refractivity contribution in [3.8, 4) is 5.69 Å². The van der Waals surface area contributed by atoms with Crippen LogP contribution in [0.3, 0.4) is 0 Å². The number of aromatic nitrogens is 1. The molecule has 0 saturated heterocycles. The molecule has 0 aliphatic heterocycles. The highest BCUT2D eigenvalue weighted by Gasteiger charge is 2.16. The molecule has 0 atom stereocenters. The molecule has 0 spiro atoms. The minimum absolute atomic E-state index is 0.288. The molecule has 0 bridgehead atoms. The Morgan fingerprint density at radius 2 is 1.79 bits per heavy atom. The molecular formula is C16H13NO2. The second kappa shape index (κ2) is 4.28. The van der Waals surface area contributed by atoms with Crippen LogP contribution in [0.15, 0.2) is 54.6 Å². The fourth-order valence-electron chi connectivity index (χ4n) is 2.39. The van der Waals surface area contributed by atoms with Crippen LogP contribution in [0.25, 0.3) is 16.6 Å². The van der Waals surface area contributed by atoms with Gasteiger partial charge in [0.05, 0.1) is 5.52 Å². The van der Waals surface area contributed by atoms with Gasteiger partial charge in [-0.2, -0.15) is 0 Å². The van der Waals surface area contributed by atoms with Crippen molar-refractivity contribution >= 4 is 16.9 Å². The number of aryl methyl sites for hydroxylation is 1. The summed E-state index contributed by atoms with van der Waals surface area (Å²) in [5.41, 5.74) is 3.15. The molecule has 3 aromatic rings. The van der Waals surface area contributed by atoms with Gasteiger partial charge in [-0.1, -0.05) is 30.3 Å². The third-order valence-corrected chi connectivity index (χ3v) is 3.30. The molecule has 2 aromatic carbocycles. The molecule has 1 heterocycles. The van der Waals surface area contributed by atoms with Gasteiger partial charge in [-0.05, 0) is 36.8 Å². The molecule has 0 saturated carbocycles. The zero-order chi connectivity index (χ0) is 13.4. The van der Waals surface area contributed by atoms with E-state index in [0.29, 0.717) is 0 Å². The van der Waals surface area contributed by atoms with E-state index in [1.165, 1.54) is 0 Å². The Morgan fingerprint density at radius 1 is 1.05 bits per heavy atom. The molecule has 1 aromatic heterocycles. The number of rotatable bonds is 2. The third kappa shape index (κ3) is 1.80. The van der Waals surface area contributed by atoms with Crippen LogP contribution in [-0.2, 0) is 0 Å². The van der Waals surface area contributed by atoms with Crippen molar-refractivity contribution in [2.45, 2.75) is 6.92 Å². The highest BCUT2D eigenvalue weighted by atomic mass is 16.4. The summed E-state index contributed by atoms with van der Waals surface area (Å²) >= 11 is 0. The lowest BCUT2D eigenvalue weighted by Gasteiger charge is -2.08. The SMILES string of the molecule is Cc1cccc2c1cc(C(=O)O)n2-c1ccccc1. The first-order valence-corrected chi connectivity index (χ1v) is 6.08. The summed E-state index contributed by atoms with van der Waals surface area (Å²) in [4.78, 5) is 11.5. The molecule has 3 rings (SSSR count). The lowest BCUT2D eigenvalue weighted by atomic mass is 10.1. The van der Waals surface area contributed by atoms with Gasteiger partial charge in [0.2, 0.25) is 0 Å². The van der Waals surface area contributed by atoms with Crippen LogP contribution in [0.4, 0.5) is 0 Å². The van der Waals surface area contributed by atoms with E-state index < -0.39 is 5.97 Å². The molecule has 19 heavy (non-hydrogen) atoms. The molecular weight excluding hydrogens is 238 g/mol. The normalized spacial score (nSPS) is 10.8. The average molecular weight is 251 g/mol. The standard InChI is InChI=1S/C16H13NO2/c1-11-6-5-9-14-13(11)10-15(16(18)19)17(14)12-7-3-2-4-8-12/h2-10H,1H3,(H,18,19). The summed E-state index contributed by atoms with van der Waals surface area (Å²) in [6.07, 6.45) is 0. The minimum atomic E-state index is -0.917. The Hall–Kier alpha value is -2.55. The highest BCUT2D eigenvalue weighted by molar-refractivity contribution is 5.97. The largest absolute Gasteiger partial charge is 0.477 e. The topological polar surface area (TPSA) is 42.2 Å². The molecule has 0 radical (unpaired) electrons. The van der Waals surface area contributed by atoms with Gasteiger partial charge in [0.1, 0.15) is 5.69 Å². The maximum atomic E-state index is 11.5. The van der Waals surface area contributed by atoms with Gasteiger partial charge in [0.15, 0.2) is 0 Å². The van der Waals surface area contributed by atoms with E-state index in [-0.39, 0.29) is 5.69 Å².